The quantitative estimate of drug-likeness (QED) is 0.860. The molecule has 0 aromatic heterocycles. The Morgan fingerprint density at radius 1 is 1.05 bits per heavy atom. The smallest absolute Gasteiger partial charge is 0.251 e. The first kappa shape index (κ1) is 11.9. The molecule has 0 saturated carbocycles. The summed E-state index contributed by atoms with van der Waals surface area (Å²) in [4.78, 5) is 12.1. The number of nitrogens with one attached hydrogen (secondary N) is 1. The predicted molar refractivity (Wildman–Crippen MR) is 72.8 cm³/mol. The molecule has 2 atom stereocenters. The molecule has 1 amide bonds. The highest BCUT2D eigenvalue weighted by molar-refractivity contribution is 5.94. The minimum Gasteiger partial charge on any atom is -0.390 e. The maximum Gasteiger partial charge on any atom is 0.251 e. The highest BCUT2D eigenvalue weighted by Crippen LogP contribution is 2.31. The van der Waals surface area contributed by atoms with Crippen molar-refractivity contribution in [3.05, 3.63) is 71.3 Å². The molecule has 96 valence electrons. The first-order chi connectivity index (χ1) is 9.25. The number of fused-ring (bicyclic) bond motifs is 1. The average Bonchev–Trinajstić information content (AvgIpc) is 2.76. The highest BCUT2D eigenvalue weighted by atomic mass is 16.3. The molecule has 0 aliphatic heterocycles. The Hall–Kier alpha value is -2.13. The van der Waals surface area contributed by atoms with E-state index in [4.69, 9.17) is 0 Å². The monoisotopic (exact) mass is 253 g/mol. The van der Waals surface area contributed by atoms with Crippen molar-refractivity contribution in [2.45, 2.75) is 18.6 Å². The van der Waals surface area contributed by atoms with E-state index < -0.39 is 6.10 Å². The third kappa shape index (κ3) is 2.25. The van der Waals surface area contributed by atoms with Crippen molar-refractivity contribution in [3.8, 4) is 0 Å². The van der Waals surface area contributed by atoms with Gasteiger partial charge < -0.3 is 10.4 Å². The van der Waals surface area contributed by atoms with Gasteiger partial charge in [0.2, 0.25) is 0 Å². The third-order valence-electron chi connectivity index (χ3n) is 3.53. The lowest BCUT2D eigenvalue weighted by atomic mass is 10.1. The molecule has 3 nitrogen and oxygen atoms in total. The van der Waals surface area contributed by atoms with Crippen LogP contribution in [0.5, 0.6) is 0 Å². The summed E-state index contributed by atoms with van der Waals surface area (Å²) >= 11 is 0. The lowest BCUT2D eigenvalue weighted by Gasteiger charge is -2.18. The molecule has 2 aromatic rings. The minimum atomic E-state index is -0.551. The van der Waals surface area contributed by atoms with Crippen LogP contribution in [0.4, 0.5) is 0 Å². The number of hydrogen-bond donors (Lipinski definition) is 2. The van der Waals surface area contributed by atoms with E-state index in [1.54, 1.807) is 12.1 Å². The van der Waals surface area contributed by atoms with E-state index in [9.17, 15) is 9.90 Å². The van der Waals surface area contributed by atoms with E-state index >= 15 is 0 Å². The summed E-state index contributed by atoms with van der Waals surface area (Å²) in [6.07, 6.45) is 0.0423. The fourth-order valence-electron chi connectivity index (χ4n) is 2.56. The molecule has 0 unspecified atom stereocenters. The van der Waals surface area contributed by atoms with E-state index in [1.807, 2.05) is 42.5 Å². The Morgan fingerprint density at radius 2 is 1.74 bits per heavy atom. The van der Waals surface area contributed by atoms with Crippen LogP contribution >= 0.6 is 0 Å². The van der Waals surface area contributed by atoms with Gasteiger partial charge >= 0.3 is 0 Å². The number of hydrogen-bond acceptors (Lipinski definition) is 2. The number of rotatable bonds is 2. The van der Waals surface area contributed by atoms with Crippen LogP contribution in [0.1, 0.15) is 27.5 Å². The Balaban J connectivity index is 1.82. The van der Waals surface area contributed by atoms with Gasteiger partial charge in [-0.25, -0.2) is 0 Å². The molecular weight excluding hydrogens is 238 g/mol. The highest BCUT2D eigenvalue weighted by Gasteiger charge is 2.31. The summed E-state index contributed by atoms with van der Waals surface area (Å²) in [6, 6.07) is 16.6. The zero-order valence-electron chi connectivity index (χ0n) is 10.4. The van der Waals surface area contributed by atoms with Crippen molar-refractivity contribution in [3.63, 3.8) is 0 Å². The van der Waals surface area contributed by atoms with Crippen LogP contribution in [-0.4, -0.2) is 17.1 Å². The van der Waals surface area contributed by atoms with Gasteiger partial charge in [-0.05, 0) is 23.3 Å². The summed E-state index contributed by atoms with van der Waals surface area (Å²) in [5.41, 5.74) is 2.73. The molecule has 0 spiro atoms. The number of amides is 1. The standard InChI is InChI=1S/C16H15NO2/c18-14-10-12-8-4-5-9-13(12)15(14)17-16(19)11-6-2-1-3-7-11/h1-9,14-15,18H,10H2,(H,17,19)/t14-,15+/m1/s1. The summed E-state index contributed by atoms with van der Waals surface area (Å²) in [6.45, 7) is 0. The fourth-order valence-corrected chi connectivity index (χ4v) is 2.56. The number of benzene rings is 2. The molecule has 19 heavy (non-hydrogen) atoms. The van der Waals surface area contributed by atoms with E-state index in [1.165, 1.54) is 0 Å². The second kappa shape index (κ2) is 4.86. The molecule has 2 N–H and O–H groups in total. The summed E-state index contributed by atoms with van der Waals surface area (Å²) in [7, 11) is 0. The molecule has 0 bridgehead atoms. The zero-order valence-corrected chi connectivity index (χ0v) is 10.4. The molecule has 0 fully saturated rings. The first-order valence-electron chi connectivity index (χ1n) is 6.37. The number of carbonyl (C=O) groups is 1. The van der Waals surface area contributed by atoms with Crippen LogP contribution in [-0.2, 0) is 6.42 Å². The third-order valence-corrected chi connectivity index (χ3v) is 3.53. The topological polar surface area (TPSA) is 49.3 Å². The number of aliphatic hydroxyl groups is 1. The zero-order chi connectivity index (χ0) is 13.2. The van der Waals surface area contributed by atoms with Gasteiger partial charge in [-0.1, -0.05) is 42.5 Å². The second-order valence-electron chi connectivity index (χ2n) is 4.79. The SMILES string of the molecule is O=C(N[C@H]1c2ccccc2C[C@H]1O)c1ccccc1. The Labute approximate surface area is 111 Å². The summed E-state index contributed by atoms with van der Waals surface area (Å²) in [5.74, 6) is -0.152. The Bertz CT molecular complexity index is 595. The van der Waals surface area contributed by atoms with Crippen molar-refractivity contribution >= 4 is 5.91 Å². The van der Waals surface area contributed by atoms with Gasteiger partial charge in [0, 0.05) is 12.0 Å². The van der Waals surface area contributed by atoms with Gasteiger partial charge in [-0.15, -0.1) is 0 Å². The van der Waals surface area contributed by atoms with Crippen molar-refractivity contribution in [1.82, 2.24) is 5.32 Å². The first-order valence-corrected chi connectivity index (χ1v) is 6.37. The normalized spacial score (nSPS) is 20.9. The number of carbonyl (C=O) groups excluding carboxylic acids is 1. The van der Waals surface area contributed by atoms with Crippen LogP contribution < -0.4 is 5.32 Å². The van der Waals surface area contributed by atoms with Crippen LogP contribution in [0.25, 0.3) is 0 Å². The summed E-state index contributed by atoms with van der Waals surface area (Å²) in [5, 5.41) is 13.0. The number of aliphatic hydroxyl groups excluding tert-OH is 1. The van der Waals surface area contributed by atoms with Crippen LogP contribution in [0.2, 0.25) is 0 Å². The lowest BCUT2D eigenvalue weighted by molar-refractivity contribution is 0.0858. The molecular formula is C16H15NO2. The van der Waals surface area contributed by atoms with Crippen molar-refractivity contribution in [2.24, 2.45) is 0 Å². The average molecular weight is 253 g/mol. The molecule has 3 rings (SSSR count). The van der Waals surface area contributed by atoms with Crippen molar-refractivity contribution in [1.29, 1.82) is 0 Å². The minimum absolute atomic E-state index is 0.152. The fraction of sp³-hybridized carbons (Fsp3) is 0.188. The van der Waals surface area contributed by atoms with Gasteiger partial charge in [0.25, 0.3) is 5.91 Å². The van der Waals surface area contributed by atoms with Crippen LogP contribution in [0.15, 0.2) is 54.6 Å². The Kier molecular flexibility index (Phi) is 3.05. The van der Waals surface area contributed by atoms with Crippen molar-refractivity contribution < 1.29 is 9.90 Å². The van der Waals surface area contributed by atoms with Crippen LogP contribution in [0.3, 0.4) is 0 Å². The van der Waals surface area contributed by atoms with E-state index in [2.05, 4.69) is 5.32 Å². The summed E-state index contributed by atoms with van der Waals surface area (Å²) < 4.78 is 0. The lowest BCUT2D eigenvalue weighted by Crippen LogP contribution is -2.33. The van der Waals surface area contributed by atoms with Gasteiger partial charge in [0.05, 0.1) is 12.1 Å². The van der Waals surface area contributed by atoms with Crippen LogP contribution in [0, 0.1) is 0 Å². The van der Waals surface area contributed by atoms with Gasteiger partial charge in [-0.3, -0.25) is 4.79 Å². The second-order valence-corrected chi connectivity index (χ2v) is 4.79. The maximum absolute atomic E-state index is 12.1. The van der Waals surface area contributed by atoms with Crippen molar-refractivity contribution in [2.75, 3.05) is 0 Å². The van der Waals surface area contributed by atoms with E-state index in [0.717, 1.165) is 11.1 Å². The Morgan fingerprint density at radius 3 is 2.53 bits per heavy atom. The molecule has 1 aliphatic rings. The van der Waals surface area contributed by atoms with Gasteiger partial charge in [0.15, 0.2) is 0 Å². The predicted octanol–water partition coefficient (Wildman–Crippen LogP) is 2.07. The molecule has 0 saturated heterocycles. The molecule has 2 aromatic carbocycles. The molecule has 1 aliphatic carbocycles. The molecule has 0 radical (unpaired) electrons. The van der Waals surface area contributed by atoms with Gasteiger partial charge in [-0.2, -0.15) is 0 Å². The molecule has 3 heteroatoms. The largest absolute Gasteiger partial charge is 0.390 e. The molecule has 0 heterocycles. The van der Waals surface area contributed by atoms with E-state index in [-0.39, 0.29) is 11.9 Å². The maximum atomic E-state index is 12.1. The van der Waals surface area contributed by atoms with Gasteiger partial charge in [0.1, 0.15) is 0 Å². The van der Waals surface area contributed by atoms with E-state index in [0.29, 0.717) is 12.0 Å².